The summed E-state index contributed by atoms with van der Waals surface area (Å²) in [6, 6.07) is 9.47. The topological polar surface area (TPSA) is 71.1 Å². The molecule has 0 atom stereocenters. The molecular weight excluding hydrogens is 348 g/mol. The molecule has 0 aliphatic carbocycles. The number of nitrogens with zero attached hydrogens (tertiary/aromatic N) is 1. The molecule has 1 aromatic heterocycles. The van der Waals surface area contributed by atoms with Crippen molar-refractivity contribution in [3.63, 3.8) is 0 Å². The molecule has 132 valence electrons. The SMILES string of the molecule is CC(C)C(=O)Nc1ccc(NC(=O)c2cccnc2SC(F)F)cc1. The van der Waals surface area contributed by atoms with E-state index in [0.29, 0.717) is 11.4 Å². The van der Waals surface area contributed by atoms with Crippen molar-refractivity contribution in [2.45, 2.75) is 24.6 Å². The zero-order chi connectivity index (χ0) is 18.4. The summed E-state index contributed by atoms with van der Waals surface area (Å²) in [4.78, 5) is 27.7. The Balaban J connectivity index is 2.07. The van der Waals surface area contributed by atoms with E-state index >= 15 is 0 Å². The molecule has 0 aliphatic rings. The zero-order valence-electron chi connectivity index (χ0n) is 13.6. The zero-order valence-corrected chi connectivity index (χ0v) is 14.4. The maximum Gasteiger partial charge on any atom is 0.290 e. The highest BCUT2D eigenvalue weighted by molar-refractivity contribution is 7.99. The minimum Gasteiger partial charge on any atom is -0.326 e. The highest BCUT2D eigenvalue weighted by Crippen LogP contribution is 2.27. The number of pyridine rings is 1. The Labute approximate surface area is 148 Å². The smallest absolute Gasteiger partial charge is 0.290 e. The summed E-state index contributed by atoms with van der Waals surface area (Å²) >= 11 is 0.223. The van der Waals surface area contributed by atoms with Gasteiger partial charge in [0.1, 0.15) is 5.03 Å². The summed E-state index contributed by atoms with van der Waals surface area (Å²) in [5.74, 6) is -3.45. The van der Waals surface area contributed by atoms with Crippen LogP contribution in [-0.4, -0.2) is 22.6 Å². The molecule has 2 aromatic rings. The number of rotatable bonds is 6. The highest BCUT2D eigenvalue weighted by atomic mass is 32.2. The number of aromatic nitrogens is 1. The van der Waals surface area contributed by atoms with Gasteiger partial charge in [0.05, 0.1) is 5.56 Å². The molecule has 0 radical (unpaired) electrons. The molecule has 2 N–H and O–H groups in total. The first kappa shape index (κ1) is 18.9. The predicted molar refractivity (Wildman–Crippen MR) is 94.0 cm³/mol. The first-order chi connectivity index (χ1) is 11.9. The molecular formula is C17H17F2N3O2S. The van der Waals surface area contributed by atoms with Gasteiger partial charge in [0.2, 0.25) is 5.91 Å². The van der Waals surface area contributed by atoms with Crippen LogP contribution in [0.25, 0.3) is 0 Å². The number of carbonyl (C=O) groups excluding carboxylic acids is 2. The van der Waals surface area contributed by atoms with Crippen molar-refractivity contribution in [3.05, 3.63) is 48.2 Å². The Kier molecular flexibility index (Phi) is 6.46. The molecule has 0 aliphatic heterocycles. The fourth-order valence-corrected chi connectivity index (χ4v) is 2.44. The lowest BCUT2D eigenvalue weighted by Crippen LogP contribution is -2.17. The van der Waals surface area contributed by atoms with Crippen LogP contribution >= 0.6 is 11.8 Å². The van der Waals surface area contributed by atoms with Gasteiger partial charge in [-0.15, -0.1) is 0 Å². The molecule has 0 saturated heterocycles. The van der Waals surface area contributed by atoms with Crippen LogP contribution in [0.5, 0.6) is 0 Å². The number of hydrogen-bond donors (Lipinski definition) is 2. The molecule has 5 nitrogen and oxygen atoms in total. The fraction of sp³-hybridized carbons (Fsp3) is 0.235. The summed E-state index contributed by atoms with van der Waals surface area (Å²) in [7, 11) is 0. The van der Waals surface area contributed by atoms with Gasteiger partial charge < -0.3 is 10.6 Å². The molecule has 8 heteroatoms. The van der Waals surface area contributed by atoms with E-state index in [9.17, 15) is 18.4 Å². The molecule has 0 saturated carbocycles. The molecule has 0 fully saturated rings. The largest absolute Gasteiger partial charge is 0.326 e. The van der Waals surface area contributed by atoms with Crippen LogP contribution in [0.3, 0.4) is 0 Å². The van der Waals surface area contributed by atoms with E-state index in [1.807, 2.05) is 0 Å². The van der Waals surface area contributed by atoms with Gasteiger partial charge >= 0.3 is 0 Å². The van der Waals surface area contributed by atoms with E-state index in [1.54, 1.807) is 38.1 Å². The summed E-state index contributed by atoms with van der Waals surface area (Å²) in [6.07, 6.45) is 1.35. The Morgan fingerprint density at radius 1 is 1.04 bits per heavy atom. The maximum atomic E-state index is 12.6. The molecule has 0 spiro atoms. The van der Waals surface area contributed by atoms with Gasteiger partial charge in [-0.1, -0.05) is 13.8 Å². The number of alkyl halides is 2. The third-order valence-electron chi connectivity index (χ3n) is 3.15. The molecule has 1 heterocycles. The molecule has 25 heavy (non-hydrogen) atoms. The molecule has 0 bridgehead atoms. The second-order valence-corrected chi connectivity index (χ2v) is 6.39. The monoisotopic (exact) mass is 365 g/mol. The van der Waals surface area contributed by atoms with Gasteiger partial charge in [0, 0.05) is 23.5 Å². The van der Waals surface area contributed by atoms with E-state index < -0.39 is 11.7 Å². The van der Waals surface area contributed by atoms with Crippen molar-refractivity contribution in [2.24, 2.45) is 5.92 Å². The van der Waals surface area contributed by atoms with E-state index in [0.717, 1.165) is 0 Å². The van der Waals surface area contributed by atoms with Crippen LogP contribution in [0.4, 0.5) is 20.2 Å². The van der Waals surface area contributed by atoms with E-state index in [4.69, 9.17) is 0 Å². The lowest BCUT2D eigenvalue weighted by molar-refractivity contribution is -0.118. The van der Waals surface area contributed by atoms with Crippen molar-refractivity contribution < 1.29 is 18.4 Å². The molecule has 1 aromatic carbocycles. The van der Waals surface area contributed by atoms with Crippen LogP contribution in [0.15, 0.2) is 47.6 Å². The Morgan fingerprint density at radius 2 is 1.64 bits per heavy atom. The highest BCUT2D eigenvalue weighted by Gasteiger charge is 2.16. The number of thioether (sulfide) groups is 1. The third-order valence-corrected chi connectivity index (χ3v) is 3.88. The van der Waals surface area contributed by atoms with E-state index in [2.05, 4.69) is 15.6 Å². The summed E-state index contributed by atoms with van der Waals surface area (Å²) < 4.78 is 25.1. The van der Waals surface area contributed by atoms with Gasteiger partial charge in [-0.05, 0) is 48.2 Å². The van der Waals surface area contributed by atoms with Crippen LogP contribution in [0, 0.1) is 5.92 Å². The Bertz CT molecular complexity index is 752. The molecule has 2 rings (SSSR count). The quantitative estimate of drug-likeness (QED) is 0.751. The number of carbonyl (C=O) groups is 2. The third kappa shape index (κ3) is 5.53. The second kappa shape index (κ2) is 8.57. The summed E-state index contributed by atoms with van der Waals surface area (Å²) in [6.45, 7) is 3.57. The van der Waals surface area contributed by atoms with Crippen molar-refractivity contribution in [1.82, 2.24) is 4.98 Å². The van der Waals surface area contributed by atoms with Gasteiger partial charge in [-0.25, -0.2) is 4.98 Å². The minimum absolute atomic E-state index is 0.0317. The Hall–Kier alpha value is -2.48. The Morgan fingerprint density at radius 3 is 2.20 bits per heavy atom. The predicted octanol–water partition coefficient (Wildman–Crippen LogP) is 4.24. The van der Waals surface area contributed by atoms with E-state index in [1.165, 1.54) is 18.3 Å². The number of hydrogen-bond acceptors (Lipinski definition) is 4. The number of benzene rings is 1. The van der Waals surface area contributed by atoms with E-state index in [-0.39, 0.29) is 34.2 Å². The average molecular weight is 365 g/mol. The lowest BCUT2D eigenvalue weighted by Gasteiger charge is -2.10. The van der Waals surface area contributed by atoms with Crippen LogP contribution in [0.1, 0.15) is 24.2 Å². The number of amides is 2. The summed E-state index contributed by atoms with van der Waals surface area (Å²) in [5, 5.41) is 5.33. The maximum absolute atomic E-state index is 12.6. The second-order valence-electron chi connectivity index (χ2n) is 5.41. The first-order valence-electron chi connectivity index (χ1n) is 7.49. The minimum atomic E-state index is -2.66. The van der Waals surface area contributed by atoms with Crippen molar-refractivity contribution >= 4 is 35.0 Å². The van der Waals surface area contributed by atoms with Crippen LogP contribution in [-0.2, 0) is 4.79 Å². The number of anilines is 2. The lowest BCUT2D eigenvalue weighted by atomic mass is 10.2. The fourth-order valence-electron chi connectivity index (χ4n) is 1.86. The normalized spacial score (nSPS) is 10.8. The van der Waals surface area contributed by atoms with Crippen molar-refractivity contribution in [2.75, 3.05) is 10.6 Å². The molecule has 0 unspecified atom stereocenters. The van der Waals surface area contributed by atoms with Crippen molar-refractivity contribution in [1.29, 1.82) is 0 Å². The average Bonchev–Trinajstić information content (AvgIpc) is 2.56. The molecule has 2 amide bonds. The first-order valence-corrected chi connectivity index (χ1v) is 8.37. The van der Waals surface area contributed by atoms with Gasteiger partial charge in [-0.3, -0.25) is 9.59 Å². The van der Waals surface area contributed by atoms with Crippen molar-refractivity contribution in [3.8, 4) is 0 Å². The van der Waals surface area contributed by atoms with Crippen LogP contribution in [0.2, 0.25) is 0 Å². The van der Waals surface area contributed by atoms with Gasteiger partial charge in [0.25, 0.3) is 11.7 Å². The van der Waals surface area contributed by atoms with Gasteiger partial charge in [0.15, 0.2) is 0 Å². The number of nitrogens with one attached hydrogen (secondary N) is 2. The van der Waals surface area contributed by atoms with Gasteiger partial charge in [-0.2, -0.15) is 8.78 Å². The number of halogens is 2. The standard InChI is InChI=1S/C17H17F2N3O2S/c1-10(2)14(23)21-11-5-7-12(8-6-11)22-15(24)13-4-3-9-20-16(13)25-17(18)19/h3-10,17H,1-2H3,(H,21,23)(H,22,24). The van der Waals surface area contributed by atoms with Crippen LogP contribution < -0.4 is 10.6 Å². The summed E-state index contributed by atoms with van der Waals surface area (Å²) in [5.41, 5.74) is 1.15.